The molecule has 0 aromatic carbocycles. The number of hydrogen-bond acceptors (Lipinski definition) is 9. The van der Waals surface area contributed by atoms with Gasteiger partial charge in [-0.2, -0.15) is 0 Å². The van der Waals surface area contributed by atoms with Gasteiger partial charge in [-0.3, -0.25) is 14.5 Å². The molecule has 1 fully saturated rings. The minimum Gasteiger partial charge on any atom is -0.477 e. The number of nitrogens with two attached hydrogens (primary N) is 1. The van der Waals surface area contributed by atoms with E-state index in [-0.39, 0.29) is 33.6 Å². The summed E-state index contributed by atoms with van der Waals surface area (Å²) in [6.07, 6.45) is 7.90. The Kier molecular flexibility index (Phi) is 6.01. The summed E-state index contributed by atoms with van der Waals surface area (Å²) in [6, 6.07) is -0.876. The van der Waals surface area contributed by atoms with Crippen LogP contribution in [0.1, 0.15) is 31.9 Å². The van der Waals surface area contributed by atoms with E-state index in [9.17, 15) is 19.5 Å². The van der Waals surface area contributed by atoms with Crippen LogP contribution in [-0.2, 0) is 19.2 Å². The molecule has 12 heteroatoms. The van der Waals surface area contributed by atoms with Crippen LogP contribution in [0.5, 0.6) is 0 Å². The maximum Gasteiger partial charge on any atom is 0.352 e. The largest absolute Gasteiger partial charge is 0.477 e. The molecule has 1 saturated heterocycles. The Hall–Kier alpha value is -2.86. The predicted molar refractivity (Wildman–Crippen MR) is 116 cm³/mol. The second kappa shape index (κ2) is 8.71. The zero-order chi connectivity index (χ0) is 22.1. The van der Waals surface area contributed by atoms with Crippen molar-refractivity contribution in [1.29, 1.82) is 0 Å². The summed E-state index contributed by atoms with van der Waals surface area (Å²) in [7, 11) is 0. The minimum absolute atomic E-state index is 0.0691. The van der Waals surface area contributed by atoms with Crippen LogP contribution in [0.15, 0.2) is 34.5 Å². The maximum atomic E-state index is 13.0. The molecule has 4 atom stereocenters. The summed E-state index contributed by atoms with van der Waals surface area (Å²) in [5.41, 5.74) is 5.80. The number of amides is 2. The molecular formula is C19H21N5O5S2. The van der Waals surface area contributed by atoms with Crippen LogP contribution in [0.4, 0.5) is 5.13 Å². The molecule has 3 heterocycles. The fourth-order valence-electron chi connectivity index (χ4n) is 3.53. The summed E-state index contributed by atoms with van der Waals surface area (Å²) in [5, 5.41) is 17.3. The zero-order valence-electron chi connectivity index (χ0n) is 16.6. The topological polar surface area (TPSA) is 147 Å². The van der Waals surface area contributed by atoms with Crippen LogP contribution in [0.25, 0.3) is 0 Å². The number of nitrogens with one attached hydrogen (secondary N) is 1. The molecule has 1 aromatic heterocycles. The molecule has 0 bridgehead atoms. The second-order valence-electron chi connectivity index (χ2n) is 7.26. The molecule has 2 aliphatic heterocycles. The summed E-state index contributed by atoms with van der Waals surface area (Å²) >= 11 is 2.55. The Bertz CT molecular complexity index is 1000. The average molecular weight is 464 g/mol. The maximum absolute atomic E-state index is 13.0. The molecule has 0 radical (unpaired) electrons. The highest BCUT2D eigenvalue weighted by Gasteiger charge is 2.54. The molecule has 164 valence electrons. The van der Waals surface area contributed by atoms with Gasteiger partial charge in [0, 0.05) is 10.6 Å². The number of carbonyl (C=O) groups is 3. The second-order valence-corrected chi connectivity index (χ2v) is 9.65. The highest BCUT2D eigenvalue weighted by atomic mass is 32.2. The van der Waals surface area contributed by atoms with Crippen LogP contribution < -0.4 is 11.1 Å². The van der Waals surface area contributed by atoms with E-state index in [1.807, 2.05) is 19.1 Å². The number of hydrogen-bond donors (Lipinski definition) is 3. The minimum atomic E-state index is -1.18. The van der Waals surface area contributed by atoms with E-state index in [1.165, 1.54) is 22.7 Å². The lowest BCUT2D eigenvalue weighted by Gasteiger charge is -2.49. The number of carboxylic acid groups (broad SMARTS) is 1. The van der Waals surface area contributed by atoms with Gasteiger partial charge in [-0.25, -0.2) is 9.78 Å². The molecule has 2 amide bonds. The van der Waals surface area contributed by atoms with Crippen molar-refractivity contribution in [2.24, 2.45) is 5.16 Å². The molecule has 31 heavy (non-hydrogen) atoms. The van der Waals surface area contributed by atoms with Gasteiger partial charge in [-0.15, -0.1) is 23.1 Å². The van der Waals surface area contributed by atoms with Gasteiger partial charge in [0.25, 0.3) is 11.8 Å². The lowest BCUT2D eigenvalue weighted by Crippen LogP contribution is -2.71. The smallest absolute Gasteiger partial charge is 0.352 e. The first-order chi connectivity index (χ1) is 14.8. The molecule has 1 aromatic rings. The third kappa shape index (κ3) is 4.30. The Morgan fingerprint density at radius 1 is 1.45 bits per heavy atom. The van der Waals surface area contributed by atoms with Crippen LogP contribution in [0, 0.1) is 0 Å². The fourth-order valence-corrected chi connectivity index (χ4v) is 5.40. The number of oxime groups is 1. The number of rotatable bonds is 6. The number of anilines is 1. The summed E-state index contributed by atoms with van der Waals surface area (Å²) in [6.45, 7) is 1.84. The average Bonchev–Trinajstić information content (AvgIpc) is 3.18. The summed E-state index contributed by atoms with van der Waals surface area (Å²) in [4.78, 5) is 47.9. The third-order valence-electron chi connectivity index (χ3n) is 5.02. The van der Waals surface area contributed by atoms with Crippen molar-refractivity contribution >= 4 is 51.7 Å². The van der Waals surface area contributed by atoms with Gasteiger partial charge >= 0.3 is 5.97 Å². The van der Waals surface area contributed by atoms with Crippen LogP contribution in [0.3, 0.4) is 0 Å². The first-order valence-electron chi connectivity index (χ1n) is 9.71. The van der Waals surface area contributed by atoms with E-state index in [1.54, 1.807) is 5.38 Å². The Balaban J connectivity index is 1.52. The number of allylic oxidation sites excluding steroid dienone is 1. The van der Waals surface area contributed by atoms with Crippen molar-refractivity contribution in [3.63, 3.8) is 0 Å². The first kappa shape index (κ1) is 21.4. The zero-order valence-corrected chi connectivity index (χ0v) is 18.2. The van der Waals surface area contributed by atoms with Crippen molar-refractivity contribution < 1.29 is 24.3 Å². The third-order valence-corrected chi connectivity index (χ3v) is 7.03. The van der Waals surface area contributed by atoms with Gasteiger partial charge in [0.15, 0.2) is 10.8 Å². The van der Waals surface area contributed by atoms with E-state index in [0.717, 1.165) is 30.6 Å². The molecule has 10 nitrogen and oxygen atoms in total. The number of carbonyl (C=O) groups excluding carboxylic acids is 2. The van der Waals surface area contributed by atoms with E-state index in [4.69, 9.17) is 10.6 Å². The molecule has 3 aliphatic rings. The summed E-state index contributed by atoms with van der Waals surface area (Å²) in [5.74, 6) is -2.30. The number of aliphatic carboxylic acids is 1. The highest BCUT2D eigenvalue weighted by molar-refractivity contribution is 8.00. The lowest BCUT2D eigenvalue weighted by atomic mass is 10.0. The standard InChI is InChI=1S/C19H21N5O5S2/c1-9-7-12(18(27)28)24-16(26)14(17(24)31-9)22-15(25)13(11-8-30-19(20)21-11)23-29-10-5-3-2-4-6-10/h3,5,7-10,14,17H,2,4,6H2,1H3,(H2,20,21)(H,22,25)(H,27,28)/b23-13+. The van der Waals surface area contributed by atoms with Gasteiger partial charge in [0.1, 0.15) is 28.9 Å². The monoisotopic (exact) mass is 463 g/mol. The lowest BCUT2D eigenvalue weighted by molar-refractivity contribution is -0.150. The van der Waals surface area contributed by atoms with E-state index in [2.05, 4.69) is 15.5 Å². The molecule has 1 aliphatic carbocycles. The molecule has 4 N–H and O–H groups in total. The molecule has 0 spiro atoms. The van der Waals surface area contributed by atoms with Crippen molar-refractivity contribution in [2.45, 2.75) is 49.0 Å². The number of β-lactam (4-membered cyclic amide) rings is 1. The normalized spacial score (nSPS) is 27.8. The number of thiazole rings is 1. The Labute approximate surface area is 186 Å². The van der Waals surface area contributed by atoms with Gasteiger partial charge in [0.2, 0.25) is 0 Å². The van der Waals surface area contributed by atoms with Gasteiger partial charge in [0.05, 0.1) is 0 Å². The highest BCUT2D eigenvalue weighted by Crippen LogP contribution is 2.40. The number of nitrogen functional groups attached to an aromatic ring is 1. The van der Waals surface area contributed by atoms with E-state index in [0.29, 0.717) is 0 Å². The van der Waals surface area contributed by atoms with Crippen LogP contribution >= 0.6 is 23.1 Å². The van der Waals surface area contributed by atoms with Crippen LogP contribution in [-0.4, -0.2) is 61.3 Å². The number of nitrogens with zero attached hydrogens (tertiary/aromatic N) is 3. The number of aromatic nitrogens is 1. The fraction of sp³-hybridized carbons (Fsp3) is 0.421. The van der Waals surface area contributed by atoms with Crippen molar-refractivity contribution in [3.8, 4) is 0 Å². The van der Waals surface area contributed by atoms with Gasteiger partial charge < -0.3 is 21.0 Å². The molecule has 4 unspecified atom stereocenters. The quantitative estimate of drug-likeness (QED) is 0.248. The van der Waals surface area contributed by atoms with Crippen LogP contribution in [0.2, 0.25) is 0 Å². The number of fused-ring (bicyclic) bond motifs is 1. The SMILES string of the molecule is CC1C=C(C(=O)O)N2C(=O)C(NC(=O)/C(=N/OC3C=CCCC3)c3csc(N)n3)C2S1. The van der Waals surface area contributed by atoms with Crippen molar-refractivity contribution in [2.75, 3.05) is 5.73 Å². The van der Waals surface area contributed by atoms with Gasteiger partial charge in [-0.05, 0) is 38.3 Å². The van der Waals surface area contributed by atoms with E-state index >= 15 is 0 Å². The number of thioether (sulfide) groups is 1. The number of carboxylic acids is 1. The Morgan fingerprint density at radius 2 is 2.26 bits per heavy atom. The van der Waals surface area contributed by atoms with E-state index < -0.39 is 29.2 Å². The summed E-state index contributed by atoms with van der Waals surface area (Å²) < 4.78 is 0. The molecule has 4 rings (SSSR count). The molecule has 0 saturated carbocycles. The van der Waals surface area contributed by atoms with Crippen molar-refractivity contribution in [3.05, 3.63) is 35.0 Å². The van der Waals surface area contributed by atoms with Gasteiger partial charge in [-0.1, -0.05) is 11.2 Å². The molecular weight excluding hydrogens is 442 g/mol. The predicted octanol–water partition coefficient (Wildman–Crippen LogP) is 1.31. The Morgan fingerprint density at radius 3 is 2.90 bits per heavy atom. The van der Waals surface area contributed by atoms with Crippen molar-refractivity contribution in [1.82, 2.24) is 15.2 Å². The first-order valence-corrected chi connectivity index (χ1v) is 11.5.